The van der Waals surface area contributed by atoms with E-state index in [4.69, 9.17) is 5.73 Å². The number of carbonyl (C=O) groups is 1. The molecule has 0 aliphatic rings. The summed E-state index contributed by atoms with van der Waals surface area (Å²) < 4.78 is 26.7. The number of amides is 1. The first kappa shape index (κ1) is 13.0. The summed E-state index contributed by atoms with van der Waals surface area (Å²) in [5, 5.41) is 2.37. The fourth-order valence-corrected chi connectivity index (χ4v) is 1.23. The predicted octanol–water partition coefficient (Wildman–Crippen LogP) is 1.69. The van der Waals surface area contributed by atoms with Crippen molar-refractivity contribution in [3.05, 3.63) is 29.3 Å². The van der Waals surface area contributed by atoms with E-state index in [2.05, 4.69) is 17.2 Å². The molecule has 0 saturated heterocycles. The fourth-order valence-electron chi connectivity index (χ4n) is 1.23. The number of carbonyl (C=O) groups excluding carboxylic acids is 1. The summed E-state index contributed by atoms with van der Waals surface area (Å²) in [4.78, 5) is 11.5. The molecule has 0 radical (unpaired) electrons. The average Bonchev–Trinajstić information content (AvgIpc) is 2.30. The van der Waals surface area contributed by atoms with Gasteiger partial charge in [-0.05, 0) is 19.1 Å². The van der Waals surface area contributed by atoms with Crippen LogP contribution < -0.4 is 11.1 Å². The van der Waals surface area contributed by atoms with Crippen LogP contribution in [0.3, 0.4) is 0 Å². The molecule has 1 amide bonds. The lowest BCUT2D eigenvalue weighted by Gasteiger charge is -2.07. The Balaban J connectivity index is 2.81. The van der Waals surface area contributed by atoms with Crippen molar-refractivity contribution in [2.45, 2.75) is 13.3 Å². The van der Waals surface area contributed by atoms with Gasteiger partial charge >= 0.3 is 0 Å². The van der Waals surface area contributed by atoms with Crippen molar-refractivity contribution in [2.24, 2.45) is 0 Å². The molecule has 0 saturated carbocycles. The van der Waals surface area contributed by atoms with E-state index in [1.165, 1.54) is 0 Å². The molecule has 0 spiro atoms. The third-order valence-electron chi connectivity index (χ3n) is 2.06. The number of anilines is 1. The summed E-state index contributed by atoms with van der Waals surface area (Å²) >= 11 is 0. The summed E-state index contributed by atoms with van der Waals surface area (Å²) in [6.45, 7) is 1.90. The van der Waals surface area contributed by atoms with Gasteiger partial charge in [0, 0.05) is 13.0 Å². The zero-order valence-corrected chi connectivity index (χ0v) is 9.31. The third kappa shape index (κ3) is 3.18. The molecule has 0 unspecified atom stereocenters. The van der Waals surface area contributed by atoms with Crippen molar-refractivity contribution in [1.29, 1.82) is 0 Å². The van der Waals surface area contributed by atoms with Gasteiger partial charge in [-0.1, -0.05) is 0 Å². The van der Waals surface area contributed by atoms with E-state index in [0.29, 0.717) is 6.42 Å². The summed E-state index contributed by atoms with van der Waals surface area (Å²) in [6.07, 6.45) is 0.424. The predicted molar refractivity (Wildman–Crippen MR) is 61.2 cm³/mol. The van der Waals surface area contributed by atoms with Gasteiger partial charge < -0.3 is 11.1 Å². The Morgan fingerprint density at radius 3 is 2.82 bits per heavy atom. The smallest absolute Gasteiger partial charge is 0.257 e. The molecule has 1 rings (SSSR count). The minimum absolute atomic E-state index is 0.230. The van der Waals surface area contributed by atoms with Crippen LogP contribution in [0, 0.1) is 23.5 Å². The summed E-state index contributed by atoms with van der Waals surface area (Å²) in [6, 6.07) is 2.03. The van der Waals surface area contributed by atoms with Gasteiger partial charge in [-0.25, -0.2) is 8.78 Å². The number of halogens is 2. The van der Waals surface area contributed by atoms with Crippen LogP contribution in [0.5, 0.6) is 0 Å². The second-order valence-corrected chi connectivity index (χ2v) is 3.26. The number of hydrogen-bond acceptors (Lipinski definition) is 2. The lowest BCUT2D eigenvalue weighted by Crippen LogP contribution is -2.26. The van der Waals surface area contributed by atoms with Crippen molar-refractivity contribution in [1.82, 2.24) is 5.32 Å². The first-order chi connectivity index (χ1) is 8.07. The minimum atomic E-state index is -1.04. The van der Waals surface area contributed by atoms with Crippen molar-refractivity contribution < 1.29 is 13.6 Å². The highest BCUT2D eigenvalue weighted by molar-refractivity contribution is 5.95. The molecule has 0 aromatic heterocycles. The van der Waals surface area contributed by atoms with Gasteiger partial charge in [0.2, 0.25) is 0 Å². The molecular weight excluding hydrogens is 226 g/mol. The molecule has 0 heterocycles. The molecule has 3 N–H and O–H groups in total. The monoisotopic (exact) mass is 238 g/mol. The summed E-state index contributed by atoms with van der Waals surface area (Å²) in [5.41, 5.74) is 4.34. The van der Waals surface area contributed by atoms with Gasteiger partial charge in [-0.15, -0.1) is 11.8 Å². The lowest BCUT2D eigenvalue weighted by atomic mass is 10.1. The van der Waals surface area contributed by atoms with E-state index >= 15 is 0 Å². The number of nitrogens with two attached hydrogens (primary N) is 1. The molecule has 0 aliphatic heterocycles. The molecule has 3 nitrogen and oxygen atoms in total. The van der Waals surface area contributed by atoms with Crippen LogP contribution in [0.1, 0.15) is 23.7 Å². The van der Waals surface area contributed by atoms with Gasteiger partial charge in [-0.2, -0.15) is 0 Å². The van der Waals surface area contributed by atoms with E-state index in [0.717, 1.165) is 12.1 Å². The Hall–Kier alpha value is -2.09. The third-order valence-corrected chi connectivity index (χ3v) is 2.06. The molecule has 0 fully saturated rings. The van der Waals surface area contributed by atoms with E-state index in [-0.39, 0.29) is 12.2 Å². The van der Waals surface area contributed by atoms with Crippen molar-refractivity contribution >= 4 is 11.6 Å². The van der Waals surface area contributed by atoms with E-state index in [1.807, 2.05) is 0 Å². The minimum Gasteiger partial charge on any atom is -0.396 e. The van der Waals surface area contributed by atoms with Crippen LogP contribution in [-0.2, 0) is 0 Å². The van der Waals surface area contributed by atoms with E-state index in [1.54, 1.807) is 6.92 Å². The van der Waals surface area contributed by atoms with Crippen LogP contribution in [0.25, 0.3) is 0 Å². The van der Waals surface area contributed by atoms with Gasteiger partial charge in [0.25, 0.3) is 5.91 Å². The summed E-state index contributed by atoms with van der Waals surface area (Å²) in [7, 11) is 0. The Morgan fingerprint density at radius 1 is 1.47 bits per heavy atom. The topological polar surface area (TPSA) is 55.1 Å². The van der Waals surface area contributed by atoms with Crippen molar-refractivity contribution in [2.75, 3.05) is 12.3 Å². The maximum atomic E-state index is 13.4. The molecule has 90 valence electrons. The Bertz CT molecular complexity index is 489. The maximum absolute atomic E-state index is 13.4. The Labute approximate surface area is 98.0 Å². The maximum Gasteiger partial charge on any atom is 0.257 e. The normalized spacial score (nSPS) is 9.35. The average molecular weight is 238 g/mol. The zero-order valence-electron chi connectivity index (χ0n) is 9.31. The fraction of sp³-hybridized carbons (Fsp3) is 0.250. The second kappa shape index (κ2) is 5.85. The SMILES string of the molecule is CC#CCCNC(=O)c1c(F)ccc(N)c1F. The van der Waals surface area contributed by atoms with Gasteiger partial charge in [0.15, 0.2) is 5.82 Å². The summed E-state index contributed by atoms with van der Waals surface area (Å²) in [5.74, 6) is 2.56. The van der Waals surface area contributed by atoms with Gasteiger partial charge in [0.1, 0.15) is 11.4 Å². The van der Waals surface area contributed by atoms with Crippen molar-refractivity contribution in [3.8, 4) is 11.8 Å². The van der Waals surface area contributed by atoms with Crippen LogP contribution >= 0.6 is 0 Å². The number of nitrogen functional groups attached to an aromatic ring is 1. The quantitative estimate of drug-likeness (QED) is 0.478. The zero-order chi connectivity index (χ0) is 12.8. The molecule has 5 heteroatoms. The first-order valence-corrected chi connectivity index (χ1v) is 4.99. The molecule has 0 aliphatic carbocycles. The van der Waals surface area contributed by atoms with Crippen LogP contribution in [0.15, 0.2) is 12.1 Å². The molecule has 0 atom stereocenters. The van der Waals surface area contributed by atoms with Crippen LogP contribution in [-0.4, -0.2) is 12.5 Å². The first-order valence-electron chi connectivity index (χ1n) is 4.99. The number of rotatable bonds is 3. The largest absolute Gasteiger partial charge is 0.396 e. The molecular formula is C12H12F2N2O. The van der Waals surface area contributed by atoms with Gasteiger partial charge in [-0.3, -0.25) is 4.79 Å². The Kier molecular flexibility index (Phi) is 4.46. The molecule has 1 aromatic rings. The molecule has 0 bridgehead atoms. The van der Waals surface area contributed by atoms with E-state index in [9.17, 15) is 13.6 Å². The second-order valence-electron chi connectivity index (χ2n) is 3.26. The molecule has 17 heavy (non-hydrogen) atoms. The highest BCUT2D eigenvalue weighted by atomic mass is 19.1. The standard InChI is InChI=1S/C12H12F2N2O/c1-2-3-4-7-16-12(17)10-8(13)5-6-9(15)11(10)14/h5-6H,4,7,15H2,1H3,(H,16,17). The number of nitrogens with one attached hydrogen (secondary N) is 1. The lowest BCUT2D eigenvalue weighted by molar-refractivity contribution is 0.0946. The van der Waals surface area contributed by atoms with Gasteiger partial charge in [0.05, 0.1) is 5.69 Å². The molecule has 1 aromatic carbocycles. The Morgan fingerprint density at radius 2 is 2.18 bits per heavy atom. The van der Waals surface area contributed by atoms with Crippen LogP contribution in [0.2, 0.25) is 0 Å². The van der Waals surface area contributed by atoms with Crippen LogP contribution in [0.4, 0.5) is 14.5 Å². The highest BCUT2D eigenvalue weighted by Gasteiger charge is 2.18. The number of hydrogen-bond donors (Lipinski definition) is 2. The van der Waals surface area contributed by atoms with E-state index < -0.39 is 23.1 Å². The highest BCUT2D eigenvalue weighted by Crippen LogP contribution is 2.18. The number of benzene rings is 1. The van der Waals surface area contributed by atoms with Crippen molar-refractivity contribution in [3.63, 3.8) is 0 Å².